The van der Waals surface area contributed by atoms with Gasteiger partial charge >= 0.3 is 0 Å². The standard InChI is InChI=1S/C4H5ClN8/c1-2(3-6-9-10-7-3)13-4(5)8-11-12-13/h2H,1H3,(H,6,7,9,10). The summed E-state index contributed by atoms with van der Waals surface area (Å²) in [5.74, 6) is 0.550. The summed E-state index contributed by atoms with van der Waals surface area (Å²) in [7, 11) is 0. The van der Waals surface area contributed by atoms with Crippen LogP contribution in [-0.2, 0) is 0 Å². The van der Waals surface area contributed by atoms with E-state index in [9.17, 15) is 0 Å². The molecule has 0 aliphatic heterocycles. The molecule has 8 nitrogen and oxygen atoms in total. The van der Waals surface area contributed by atoms with Crippen molar-refractivity contribution in [3.8, 4) is 0 Å². The van der Waals surface area contributed by atoms with Crippen LogP contribution >= 0.6 is 11.6 Å². The van der Waals surface area contributed by atoms with Gasteiger partial charge in [0.1, 0.15) is 6.04 Å². The average Bonchev–Trinajstić information content (AvgIpc) is 2.72. The topological polar surface area (TPSA) is 98.1 Å². The number of hydrogen-bond donors (Lipinski definition) is 1. The third-order valence-corrected chi connectivity index (χ3v) is 1.83. The van der Waals surface area contributed by atoms with E-state index in [-0.39, 0.29) is 11.3 Å². The Hall–Kier alpha value is -1.57. The lowest BCUT2D eigenvalue weighted by molar-refractivity contribution is 0.519. The number of nitrogens with zero attached hydrogens (tertiary/aromatic N) is 7. The van der Waals surface area contributed by atoms with Gasteiger partial charge in [0, 0.05) is 0 Å². The van der Waals surface area contributed by atoms with Crippen LogP contribution in [0.2, 0.25) is 5.28 Å². The van der Waals surface area contributed by atoms with Crippen LogP contribution in [0.1, 0.15) is 18.8 Å². The molecule has 0 spiro atoms. The van der Waals surface area contributed by atoms with Crippen LogP contribution < -0.4 is 0 Å². The molecule has 2 aromatic heterocycles. The lowest BCUT2D eigenvalue weighted by Gasteiger charge is -2.05. The summed E-state index contributed by atoms with van der Waals surface area (Å²) in [5, 5.41) is 24.0. The highest BCUT2D eigenvalue weighted by Crippen LogP contribution is 2.14. The molecule has 0 aliphatic carbocycles. The fraction of sp³-hybridized carbons (Fsp3) is 0.500. The van der Waals surface area contributed by atoms with Crippen LogP contribution in [0.3, 0.4) is 0 Å². The van der Waals surface area contributed by atoms with E-state index in [0.29, 0.717) is 5.82 Å². The van der Waals surface area contributed by atoms with Crippen LogP contribution in [0.25, 0.3) is 0 Å². The lowest BCUT2D eigenvalue weighted by atomic mass is 10.3. The van der Waals surface area contributed by atoms with Gasteiger partial charge in [0.25, 0.3) is 0 Å². The Morgan fingerprint density at radius 3 is 2.77 bits per heavy atom. The number of tetrazole rings is 2. The van der Waals surface area contributed by atoms with Gasteiger partial charge in [-0.2, -0.15) is 0 Å². The fourth-order valence-electron chi connectivity index (χ4n) is 0.879. The molecular weight excluding hydrogens is 196 g/mol. The summed E-state index contributed by atoms with van der Waals surface area (Å²) in [6.07, 6.45) is 0. The Labute approximate surface area is 77.3 Å². The summed E-state index contributed by atoms with van der Waals surface area (Å²) in [5.41, 5.74) is 0. The molecule has 0 fully saturated rings. The second-order valence-corrected chi connectivity index (χ2v) is 2.69. The summed E-state index contributed by atoms with van der Waals surface area (Å²) < 4.78 is 1.41. The molecule has 1 atom stereocenters. The predicted octanol–water partition coefficient (Wildman–Crippen LogP) is -0.551. The maximum absolute atomic E-state index is 5.70. The van der Waals surface area contributed by atoms with Gasteiger partial charge in [0.2, 0.25) is 5.28 Å². The van der Waals surface area contributed by atoms with Crippen molar-refractivity contribution in [1.29, 1.82) is 0 Å². The molecule has 1 unspecified atom stereocenters. The SMILES string of the molecule is CC(c1nnn[nH]1)n1nnnc1Cl. The lowest BCUT2D eigenvalue weighted by Crippen LogP contribution is -2.10. The number of aromatic nitrogens is 8. The second kappa shape index (κ2) is 3.05. The van der Waals surface area contributed by atoms with E-state index < -0.39 is 0 Å². The quantitative estimate of drug-likeness (QED) is 0.699. The third-order valence-electron chi connectivity index (χ3n) is 1.58. The number of rotatable bonds is 2. The van der Waals surface area contributed by atoms with Crippen molar-refractivity contribution in [2.75, 3.05) is 0 Å². The van der Waals surface area contributed by atoms with Crippen LogP contribution in [0.5, 0.6) is 0 Å². The normalized spacial score (nSPS) is 13.1. The maximum atomic E-state index is 5.70. The van der Waals surface area contributed by atoms with Gasteiger partial charge in [-0.05, 0) is 39.4 Å². The highest BCUT2D eigenvalue weighted by molar-refractivity contribution is 6.28. The monoisotopic (exact) mass is 200 g/mol. The van der Waals surface area contributed by atoms with E-state index >= 15 is 0 Å². The van der Waals surface area contributed by atoms with Gasteiger partial charge in [-0.25, -0.2) is 9.78 Å². The Morgan fingerprint density at radius 2 is 2.23 bits per heavy atom. The second-order valence-electron chi connectivity index (χ2n) is 2.35. The Balaban J connectivity index is 2.33. The van der Waals surface area contributed by atoms with Crippen molar-refractivity contribution in [3.63, 3.8) is 0 Å². The Morgan fingerprint density at radius 1 is 1.38 bits per heavy atom. The van der Waals surface area contributed by atoms with E-state index in [2.05, 4.69) is 36.1 Å². The molecule has 1 N–H and O–H groups in total. The molecule has 0 amide bonds. The van der Waals surface area contributed by atoms with E-state index in [0.717, 1.165) is 0 Å². The van der Waals surface area contributed by atoms with Crippen LogP contribution in [-0.4, -0.2) is 40.8 Å². The molecule has 9 heteroatoms. The number of hydrogen-bond acceptors (Lipinski definition) is 6. The molecule has 2 heterocycles. The van der Waals surface area contributed by atoms with Crippen LogP contribution in [0.4, 0.5) is 0 Å². The first-order chi connectivity index (χ1) is 6.29. The summed E-state index contributed by atoms with van der Waals surface area (Å²) in [4.78, 5) is 0. The smallest absolute Gasteiger partial charge is 0.241 e. The molecule has 0 aliphatic rings. The Kier molecular flexibility index (Phi) is 1.89. The molecule has 0 saturated heterocycles. The van der Waals surface area contributed by atoms with Crippen LogP contribution in [0.15, 0.2) is 0 Å². The highest BCUT2D eigenvalue weighted by atomic mass is 35.5. The Bertz CT molecular complexity index is 379. The number of halogens is 1. The zero-order valence-electron chi connectivity index (χ0n) is 6.59. The first-order valence-electron chi connectivity index (χ1n) is 3.46. The predicted molar refractivity (Wildman–Crippen MR) is 40.8 cm³/mol. The van der Waals surface area contributed by atoms with Crippen molar-refractivity contribution in [1.82, 2.24) is 40.8 Å². The minimum Gasteiger partial charge on any atom is -0.241 e. The number of nitrogens with one attached hydrogen (secondary N) is 1. The van der Waals surface area contributed by atoms with Crippen molar-refractivity contribution in [3.05, 3.63) is 11.1 Å². The number of aromatic amines is 1. The first kappa shape index (κ1) is 8.05. The molecule has 0 radical (unpaired) electrons. The maximum Gasteiger partial charge on any atom is 0.243 e. The first-order valence-corrected chi connectivity index (χ1v) is 3.84. The molecule has 68 valence electrons. The number of H-pyrrole nitrogens is 1. The molecule has 2 aromatic rings. The third kappa shape index (κ3) is 1.35. The summed E-state index contributed by atoms with van der Waals surface area (Å²) in [6, 6.07) is -0.211. The minimum absolute atomic E-state index is 0.198. The highest BCUT2D eigenvalue weighted by Gasteiger charge is 2.16. The zero-order valence-corrected chi connectivity index (χ0v) is 7.34. The van der Waals surface area contributed by atoms with E-state index in [1.807, 2.05) is 6.92 Å². The largest absolute Gasteiger partial charge is 0.243 e. The van der Waals surface area contributed by atoms with Crippen molar-refractivity contribution >= 4 is 11.6 Å². The van der Waals surface area contributed by atoms with E-state index in [1.165, 1.54) is 4.68 Å². The fourth-order valence-corrected chi connectivity index (χ4v) is 1.09. The van der Waals surface area contributed by atoms with Gasteiger partial charge in [-0.1, -0.05) is 5.10 Å². The molecule has 0 aromatic carbocycles. The van der Waals surface area contributed by atoms with Crippen molar-refractivity contribution in [2.45, 2.75) is 13.0 Å². The van der Waals surface area contributed by atoms with Crippen molar-refractivity contribution < 1.29 is 0 Å². The zero-order chi connectivity index (χ0) is 9.26. The van der Waals surface area contributed by atoms with Gasteiger partial charge < -0.3 is 0 Å². The summed E-state index contributed by atoms with van der Waals surface area (Å²) in [6.45, 7) is 1.82. The minimum atomic E-state index is -0.211. The van der Waals surface area contributed by atoms with Gasteiger partial charge in [0.15, 0.2) is 5.82 Å². The molecule has 0 bridgehead atoms. The van der Waals surface area contributed by atoms with E-state index in [4.69, 9.17) is 11.6 Å². The van der Waals surface area contributed by atoms with Gasteiger partial charge in [-0.15, -0.1) is 5.10 Å². The van der Waals surface area contributed by atoms with Gasteiger partial charge in [-0.3, -0.25) is 0 Å². The van der Waals surface area contributed by atoms with E-state index in [1.54, 1.807) is 0 Å². The molecule has 13 heavy (non-hydrogen) atoms. The molecule has 2 rings (SSSR count). The molecule has 0 saturated carbocycles. The van der Waals surface area contributed by atoms with Gasteiger partial charge in [0.05, 0.1) is 0 Å². The van der Waals surface area contributed by atoms with Crippen LogP contribution in [0, 0.1) is 0 Å². The summed E-state index contributed by atoms with van der Waals surface area (Å²) >= 11 is 5.70. The average molecular weight is 201 g/mol. The van der Waals surface area contributed by atoms with Crippen molar-refractivity contribution in [2.24, 2.45) is 0 Å². The molecular formula is C4H5ClN8.